The maximum atomic E-state index is 12.3. The van der Waals surface area contributed by atoms with E-state index in [0.717, 1.165) is 6.08 Å². The number of carbonyl (C=O) groups excluding carboxylic acids is 1. The van der Waals surface area contributed by atoms with Crippen LogP contribution in [0.3, 0.4) is 0 Å². The van der Waals surface area contributed by atoms with Crippen molar-refractivity contribution in [2.75, 3.05) is 0 Å². The summed E-state index contributed by atoms with van der Waals surface area (Å²) in [7, 11) is 0. The number of hydrogen-bond donors (Lipinski definition) is 1. The zero-order valence-electron chi connectivity index (χ0n) is 11.9. The van der Waals surface area contributed by atoms with Gasteiger partial charge in [-0.3, -0.25) is 0 Å². The number of carbonyl (C=O) groups is 1. The lowest BCUT2D eigenvalue weighted by Gasteiger charge is -2.23. The maximum absolute atomic E-state index is 12.3. The molecule has 0 aliphatic rings. The Morgan fingerprint density at radius 2 is 1.58 bits per heavy atom. The number of esters is 1. The molecule has 132 valence electrons. The molecule has 3 nitrogen and oxygen atoms in total. The fourth-order valence-electron chi connectivity index (χ4n) is 1.51. The number of alkyl halides is 6. The molecule has 1 N–H and O–H groups in total. The van der Waals surface area contributed by atoms with Gasteiger partial charge < -0.3 is 9.84 Å². The van der Waals surface area contributed by atoms with Gasteiger partial charge in [0.1, 0.15) is 6.10 Å². The zero-order chi connectivity index (χ0) is 18.5. The van der Waals surface area contributed by atoms with Gasteiger partial charge in [-0.1, -0.05) is 49.1 Å². The molecule has 0 heterocycles. The van der Waals surface area contributed by atoms with E-state index in [-0.39, 0.29) is 0 Å². The molecule has 1 aromatic carbocycles. The largest absolute Gasteiger partial charge is 0.439 e. The summed E-state index contributed by atoms with van der Waals surface area (Å²) in [6.07, 6.45) is -15.5. The molecular weight excluding hydrogens is 342 g/mol. The van der Waals surface area contributed by atoms with E-state index in [4.69, 9.17) is 0 Å². The van der Waals surface area contributed by atoms with E-state index >= 15 is 0 Å². The average Bonchev–Trinajstić information content (AvgIpc) is 2.48. The van der Waals surface area contributed by atoms with E-state index in [2.05, 4.69) is 11.3 Å². The van der Waals surface area contributed by atoms with Crippen LogP contribution in [0.4, 0.5) is 26.3 Å². The Kier molecular flexibility index (Phi) is 6.19. The summed E-state index contributed by atoms with van der Waals surface area (Å²) in [4.78, 5) is 11.4. The first kappa shape index (κ1) is 19.8. The van der Waals surface area contributed by atoms with E-state index in [1.54, 1.807) is 30.3 Å². The van der Waals surface area contributed by atoms with Gasteiger partial charge in [0.2, 0.25) is 0 Å². The van der Waals surface area contributed by atoms with Crippen molar-refractivity contribution in [3.63, 3.8) is 0 Å². The van der Waals surface area contributed by atoms with E-state index in [1.165, 1.54) is 6.08 Å². The predicted octanol–water partition coefficient (Wildman–Crippen LogP) is 3.65. The van der Waals surface area contributed by atoms with Gasteiger partial charge in [-0.25, -0.2) is 4.79 Å². The first-order valence-electron chi connectivity index (χ1n) is 6.37. The van der Waals surface area contributed by atoms with Gasteiger partial charge >= 0.3 is 18.3 Å². The Balaban J connectivity index is 2.79. The van der Waals surface area contributed by atoms with Crippen LogP contribution in [0, 0.1) is 0 Å². The summed E-state index contributed by atoms with van der Waals surface area (Å²) in [6, 6.07) is 8.26. The van der Waals surface area contributed by atoms with Crippen molar-refractivity contribution in [2.24, 2.45) is 0 Å². The summed E-state index contributed by atoms with van der Waals surface area (Å²) >= 11 is 0. The Hall–Kier alpha value is -2.29. The summed E-state index contributed by atoms with van der Waals surface area (Å²) in [5, 5.41) is 9.62. The third-order valence-corrected chi connectivity index (χ3v) is 2.71. The summed E-state index contributed by atoms with van der Waals surface area (Å²) in [5.41, 5.74) is -0.373. The molecule has 9 heteroatoms. The molecule has 1 atom stereocenters. The van der Waals surface area contributed by atoms with E-state index in [0.29, 0.717) is 5.56 Å². The Labute approximate surface area is 132 Å². The minimum Gasteiger partial charge on any atom is -0.439 e. The van der Waals surface area contributed by atoms with Crippen molar-refractivity contribution in [1.82, 2.24) is 0 Å². The SMILES string of the molecule is C=C(C(=O)OC(C(F)(F)F)C(F)(F)F)[C@@H](O)/C=C/c1ccccc1. The van der Waals surface area contributed by atoms with Crippen molar-refractivity contribution >= 4 is 12.0 Å². The van der Waals surface area contributed by atoms with E-state index in [9.17, 15) is 36.2 Å². The van der Waals surface area contributed by atoms with Gasteiger partial charge in [0.25, 0.3) is 6.10 Å². The highest BCUT2D eigenvalue weighted by Crippen LogP contribution is 2.36. The van der Waals surface area contributed by atoms with Gasteiger partial charge in [0, 0.05) is 0 Å². The highest BCUT2D eigenvalue weighted by molar-refractivity contribution is 5.89. The predicted molar refractivity (Wildman–Crippen MR) is 72.6 cm³/mol. The molecule has 0 spiro atoms. The average molecular weight is 354 g/mol. The van der Waals surface area contributed by atoms with Crippen LogP contribution in [0.2, 0.25) is 0 Å². The summed E-state index contributed by atoms with van der Waals surface area (Å²) < 4.78 is 77.3. The molecule has 0 fully saturated rings. The highest BCUT2D eigenvalue weighted by atomic mass is 19.4. The van der Waals surface area contributed by atoms with Gasteiger partial charge in [0.05, 0.1) is 5.57 Å². The van der Waals surface area contributed by atoms with Crippen LogP contribution in [0.15, 0.2) is 48.6 Å². The number of aliphatic hydroxyl groups excluding tert-OH is 1. The number of aliphatic hydroxyl groups is 1. The third kappa shape index (κ3) is 5.73. The molecular formula is C15H12F6O3. The Morgan fingerprint density at radius 3 is 2.04 bits per heavy atom. The van der Waals surface area contributed by atoms with Crippen molar-refractivity contribution in [3.8, 4) is 0 Å². The molecule has 0 unspecified atom stereocenters. The van der Waals surface area contributed by atoms with Crippen LogP contribution in [0.1, 0.15) is 5.56 Å². The lowest BCUT2D eigenvalue weighted by Crippen LogP contribution is -2.46. The summed E-state index contributed by atoms with van der Waals surface area (Å²) in [6.45, 7) is 2.97. The molecule has 0 radical (unpaired) electrons. The van der Waals surface area contributed by atoms with E-state index < -0.39 is 36.1 Å². The van der Waals surface area contributed by atoms with Gasteiger partial charge in [0.15, 0.2) is 0 Å². The minimum absolute atomic E-state index is 0.584. The number of ether oxygens (including phenoxy) is 1. The Morgan fingerprint density at radius 1 is 1.08 bits per heavy atom. The second-order valence-corrected chi connectivity index (χ2v) is 4.61. The normalized spacial score (nSPS) is 14.0. The van der Waals surface area contributed by atoms with Crippen molar-refractivity contribution < 1.29 is 41.0 Å². The van der Waals surface area contributed by atoms with Gasteiger partial charge in [-0.15, -0.1) is 0 Å². The molecule has 0 aromatic heterocycles. The minimum atomic E-state index is -5.83. The molecule has 0 bridgehead atoms. The van der Waals surface area contributed by atoms with Crippen molar-refractivity contribution in [3.05, 3.63) is 54.1 Å². The van der Waals surface area contributed by atoms with Crippen LogP contribution in [0.25, 0.3) is 6.08 Å². The first-order valence-corrected chi connectivity index (χ1v) is 6.37. The maximum Gasteiger partial charge on any atom is 0.434 e. The van der Waals surface area contributed by atoms with Crippen LogP contribution in [-0.4, -0.2) is 35.6 Å². The van der Waals surface area contributed by atoms with Crippen LogP contribution >= 0.6 is 0 Å². The smallest absolute Gasteiger partial charge is 0.434 e. The molecule has 1 rings (SSSR count). The molecule has 0 aliphatic heterocycles. The molecule has 0 saturated heterocycles. The Bertz CT molecular complexity index is 590. The van der Waals surface area contributed by atoms with Crippen LogP contribution in [-0.2, 0) is 9.53 Å². The molecule has 0 amide bonds. The molecule has 0 saturated carbocycles. The number of rotatable bonds is 5. The number of halogens is 6. The van der Waals surface area contributed by atoms with Crippen LogP contribution in [0.5, 0.6) is 0 Å². The lowest BCUT2D eigenvalue weighted by molar-refractivity contribution is -0.312. The van der Waals surface area contributed by atoms with Crippen molar-refractivity contribution in [1.29, 1.82) is 0 Å². The standard InChI is InChI=1S/C15H12F6O3/c1-9(11(22)8-7-10-5-3-2-4-6-10)12(23)24-13(14(16,17)18)15(19,20)21/h2-8,11,13,22H,1H2/b8-7+/t11-/m0/s1. The topological polar surface area (TPSA) is 46.5 Å². The number of hydrogen-bond acceptors (Lipinski definition) is 3. The van der Waals surface area contributed by atoms with Crippen LogP contribution < -0.4 is 0 Å². The quantitative estimate of drug-likeness (QED) is 0.499. The lowest BCUT2D eigenvalue weighted by atomic mass is 10.1. The van der Waals surface area contributed by atoms with E-state index in [1.807, 2.05) is 0 Å². The monoisotopic (exact) mass is 354 g/mol. The second kappa shape index (κ2) is 7.52. The molecule has 0 aliphatic carbocycles. The highest BCUT2D eigenvalue weighted by Gasteiger charge is 2.60. The first-order chi connectivity index (χ1) is 10.9. The van der Waals surface area contributed by atoms with Crippen molar-refractivity contribution in [2.45, 2.75) is 24.6 Å². The third-order valence-electron chi connectivity index (χ3n) is 2.71. The van der Waals surface area contributed by atoms with Gasteiger partial charge in [-0.2, -0.15) is 26.3 Å². The van der Waals surface area contributed by atoms with Gasteiger partial charge in [-0.05, 0) is 5.56 Å². The summed E-state index contributed by atoms with van der Waals surface area (Å²) in [5.74, 6) is -2.00. The zero-order valence-corrected chi connectivity index (χ0v) is 11.9. The fraction of sp³-hybridized carbons (Fsp3) is 0.267. The molecule has 24 heavy (non-hydrogen) atoms. The fourth-order valence-corrected chi connectivity index (χ4v) is 1.51. The molecule has 1 aromatic rings. The second-order valence-electron chi connectivity index (χ2n) is 4.61. The number of benzene rings is 1.